The van der Waals surface area contributed by atoms with Crippen LogP contribution in [0.1, 0.15) is 19.8 Å². The number of halogens is 3. The summed E-state index contributed by atoms with van der Waals surface area (Å²) in [6.45, 7) is 1.06. The van der Waals surface area contributed by atoms with Gasteiger partial charge in [-0.25, -0.2) is 17.1 Å². The van der Waals surface area contributed by atoms with Crippen molar-refractivity contribution < 1.29 is 27.1 Å². The number of hydrogen-bond acceptors (Lipinski definition) is 5. The Bertz CT molecular complexity index is 1070. The molecule has 7 nitrogen and oxygen atoms in total. The highest BCUT2D eigenvalue weighted by molar-refractivity contribution is 7.89. The maximum absolute atomic E-state index is 14.3. The lowest BCUT2D eigenvalue weighted by Gasteiger charge is -2.23. The zero-order valence-electron chi connectivity index (χ0n) is 17.5. The molecule has 1 atom stereocenters. The zero-order chi connectivity index (χ0) is 23.9. The molecule has 1 fully saturated rings. The van der Waals surface area contributed by atoms with E-state index in [-0.39, 0.29) is 18.0 Å². The van der Waals surface area contributed by atoms with Gasteiger partial charge in [-0.2, -0.15) is 0 Å². The molecule has 1 heterocycles. The molecule has 2 rings (SSSR count). The van der Waals surface area contributed by atoms with E-state index < -0.39 is 45.0 Å². The summed E-state index contributed by atoms with van der Waals surface area (Å²) in [5.74, 6) is -3.46. The number of methoxy groups -OCH3 is 1. The molecule has 0 bridgehead atoms. The van der Waals surface area contributed by atoms with Crippen molar-refractivity contribution in [2.75, 3.05) is 20.2 Å². The Morgan fingerprint density at radius 1 is 1.38 bits per heavy atom. The first-order valence-corrected chi connectivity index (χ1v) is 11.8. The molecule has 174 valence electrons. The number of sulfonamides is 1. The van der Waals surface area contributed by atoms with E-state index in [4.69, 9.17) is 27.9 Å². The van der Waals surface area contributed by atoms with Gasteiger partial charge in [0, 0.05) is 16.6 Å². The van der Waals surface area contributed by atoms with E-state index in [0.717, 1.165) is 17.7 Å². The second-order valence-corrected chi connectivity index (χ2v) is 9.61. The lowest BCUT2D eigenvalue weighted by molar-refractivity contribution is -0.131. The molecule has 32 heavy (non-hydrogen) atoms. The van der Waals surface area contributed by atoms with Gasteiger partial charge in [0.25, 0.3) is 10.0 Å². The lowest BCUT2D eigenvalue weighted by atomic mass is 9.96. The van der Waals surface area contributed by atoms with Gasteiger partial charge in [-0.15, -0.1) is 0 Å². The lowest BCUT2D eigenvalue weighted by Crippen LogP contribution is -2.42. The molecule has 1 N–H and O–H groups in total. The van der Waals surface area contributed by atoms with Crippen LogP contribution in [0.2, 0.25) is 5.02 Å². The molecule has 1 saturated heterocycles. The fourth-order valence-electron chi connectivity index (χ4n) is 3.03. The summed E-state index contributed by atoms with van der Waals surface area (Å²) >= 11 is 11.9. The predicted molar refractivity (Wildman–Crippen MR) is 120 cm³/mol. The highest BCUT2D eigenvalue weighted by Gasteiger charge is 2.39. The fraction of sp³-hybridized carbons (Fsp3) is 0.333. The SMILES string of the molecule is CC\C(=C/C(Cl)=C\C=C\OC)CC1CNC(=O)CN(S(=O)(=O)c2ccc(Cl)cc2F)C1=O. The van der Waals surface area contributed by atoms with Crippen LogP contribution >= 0.6 is 23.2 Å². The molecule has 0 saturated carbocycles. The molecule has 0 spiro atoms. The van der Waals surface area contributed by atoms with Crippen LogP contribution in [-0.2, 0) is 24.3 Å². The third-order valence-corrected chi connectivity index (χ3v) is 6.91. The van der Waals surface area contributed by atoms with Gasteiger partial charge in [0.05, 0.1) is 19.3 Å². The van der Waals surface area contributed by atoms with E-state index in [1.165, 1.54) is 19.4 Å². The molecule has 0 aliphatic carbocycles. The quantitative estimate of drug-likeness (QED) is 0.429. The van der Waals surface area contributed by atoms with Crippen LogP contribution in [0.3, 0.4) is 0 Å². The maximum atomic E-state index is 14.3. The molecular weight excluding hydrogens is 482 g/mol. The Labute approximate surface area is 196 Å². The van der Waals surface area contributed by atoms with Crippen molar-refractivity contribution in [1.29, 1.82) is 0 Å². The van der Waals surface area contributed by atoms with Crippen molar-refractivity contribution in [2.45, 2.75) is 24.7 Å². The summed E-state index contributed by atoms with van der Waals surface area (Å²) in [5.41, 5.74) is 0.765. The highest BCUT2D eigenvalue weighted by Crippen LogP contribution is 2.27. The van der Waals surface area contributed by atoms with E-state index in [0.29, 0.717) is 15.8 Å². The van der Waals surface area contributed by atoms with Crippen LogP contribution in [0, 0.1) is 11.7 Å². The van der Waals surface area contributed by atoms with Gasteiger partial charge >= 0.3 is 0 Å². The number of allylic oxidation sites excluding steroid dienone is 5. The maximum Gasteiger partial charge on any atom is 0.269 e. The van der Waals surface area contributed by atoms with E-state index in [1.54, 1.807) is 18.2 Å². The number of amides is 2. The number of nitrogens with zero attached hydrogens (tertiary/aromatic N) is 1. The molecule has 1 aromatic carbocycles. The van der Waals surface area contributed by atoms with E-state index in [2.05, 4.69) is 5.32 Å². The van der Waals surface area contributed by atoms with Crippen LogP contribution in [0.25, 0.3) is 0 Å². The molecule has 1 aliphatic heterocycles. The topological polar surface area (TPSA) is 92.8 Å². The minimum atomic E-state index is -4.62. The Balaban J connectivity index is 2.36. The van der Waals surface area contributed by atoms with Crippen molar-refractivity contribution in [3.63, 3.8) is 0 Å². The number of nitrogens with one attached hydrogen (secondary N) is 1. The second kappa shape index (κ2) is 11.5. The minimum Gasteiger partial charge on any atom is -0.504 e. The number of carbonyl (C=O) groups excluding carboxylic acids is 2. The van der Waals surface area contributed by atoms with Gasteiger partial charge in [-0.3, -0.25) is 9.59 Å². The van der Waals surface area contributed by atoms with Crippen molar-refractivity contribution in [1.82, 2.24) is 9.62 Å². The standard InChI is InChI=1S/C21H23Cl2FN2O5S/c1-3-14(10-16(22)5-4-8-31-2)9-15-12-25-20(27)13-26(21(15)28)32(29,30)19-7-6-17(23)11-18(19)24/h4-8,10-11,15H,3,9,12-13H2,1-2H3,(H,25,27)/b8-4+,14-10+,16-5+. The number of ether oxygens (including phenoxy) is 1. The predicted octanol–water partition coefficient (Wildman–Crippen LogP) is 3.75. The van der Waals surface area contributed by atoms with Gasteiger partial charge in [-0.1, -0.05) is 35.7 Å². The van der Waals surface area contributed by atoms with E-state index in [9.17, 15) is 22.4 Å². The van der Waals surface area contributed by atoms with E-state index >= 15 is 0 Å². The van der Waals surface area contributed by atoms with Gasteiger partial charge in [-0.05, 0) is 49.3 Å². The van der Waals surface area contributed by atoms with Crippen molar-refractivity contribution >= 4 is 45.0 Å². The molecule has 11 heteroatoms. The summed E-state index contributed by atoms with van der Waals surface area (Å²) < 4.78 is 45.6. The highest BCUT2D eigenvalue weighted by atomic mass is 35.5. The number of hydrogen-bond donors (Lipinski definition) is 1. The zero-order valence-corrected chi connectivity index (χ0v) is 19.8. The number of benzene rings is 1. The summed E-state index contributed by atoms with van der Waals surface area (Å²) in [4.78, 5) is 24.5. The Morgan fingerprint density at radius 2 is 2.09 bits per heavy atom. The largest absolute Gasteiger partial charge is 0.504 e. The molecule has 1 aliphatic rings. The molecular formula is C21H23Cl2FN2O5S. The van der Waals surface area contributed by atoms with Crippen LogP contribution in [0.4, 0.5) is 4.39 Å². The summed E-state index contributed by atoms with van der Waals surface area (Å²) in [5, 5.41) is 2.93. The summed E-state index contributed by atoms with van der Waals surface area (Å²) in [6.07, 6.45) is 6.98. The first kappa shape index (κ1) is 25.9. The number of carbonyl (C=O) groups is 2. The fourth-order valence-corrected chi connectivity index (χ4v) is 4.87. The Morgan fingerprint density at radius 3 is 2.72 bits per heavy atom. The normalized spacial score (nSPS) is 18.7. The first-order chi connectivity index (χ1) is 15.1. The Hall–Kier alpha value is -2.36. The monoisotopic (exact) mass is 504 g/mol. The summed E-state index contributed by atoms with van der Waals surface area (Å²) in [7, 11) is -3.13. The van der Waals surface area contributed by atoms with Gasteiger partial charge in [0.2, 0.25) is 11.8 Å². The van der Waals surface area contributed by atoms with Crippen LogP contribution in [-0.4, -0.2) is 44.7 Å². The first-order valence-electron chi connectivity index (χ1n) is 9.63. The smallest absolute Gasteiger partial charge is 0.269 e. The van der Waals surface area contributed by atoms with Crippen LogP contribution < -0.4 is 5.32 Å². The number of rotatable bonds is 8. The Kier molecular flexibility index (Phi) is 9.30. The van der Waals surface area contributed by atoms with Crippen LogP contribution in [0.5, 0.6) is 0 Å². The van der Waals surface area contributed by atoms with Gasteiger partial charge < -0.3 is 10.1 Å². The third-order valence-electron chi connectivity index (χ3n) is 4.66. The minimum absolute atomic E-state index is 0.00210. The average Bonchev–Trinajstić information content (AvgIpc) is 2.86. The van der Waals surface area contributed by atoms with Gasteiger partial charge in [0.15, 0.2) is 0 Å². The van der Waals surface area contributed by atoms with Crippen molar-refractivity contribution in [2.24, 2.45) is 5.92 Å². The second-order valence-electron chi connectivity index (χ2n) is 6.90. The van der Waals surface area contributed by atoms with Crippen LogP contribution in [0.15, 0.2) is 58.2 Å². The molecule has 0 aromatic heterocycles. The molecule has 1 unspecified atom stereocenters. The van der Waals surface area contributed by atoms with Gasteiger partial charge in [0.1, 0.15) is 17.3 Å². The molecule has 0 radical (unpaired) electrons. The average molecular weight is 505 g/mol. The van der Waals surface area contributed by atoms with E-state index in [1.807, 2.05) is 6.92 Å². The summed E-state index contributed by atoms with van der Waals surface area (Å²) in [6, 6.07) is 2.99. The van der Waals surface area contributed by atoms with Crippen molar-refractivity contribution in [3.8, 4) is 0 Å². The molecule has 2 amide bonds. The third kappa shape index (κ3) is 6.57. The molecule has 1 aromatic rings. The van der Waals surface area contributed by atoms with Crippen molar-refractivity contribution in [3.05, 3.63) is 64.1 Å².